The van der Waals surface area contributed by atoms with Gasteiger partial charge in [0.2, 0.25) is 16.0 Å². The molecule has 154 valence electrons. The third kappa shape index (κ3) is 3.18. The SMILES string of the molecule is O=C(NO)c1cnc(NC2C3CN(S(=O)(=O)c4ccc5ccccc5c4)CC32)nc1. The van der Waals surface area contributed by atoms with Crippen molar-refractivity contribution in [2.24, 2.45) is 11.8 Å². The minimum Gasteiger partial charge on any atom is -0.351 e. The Labute approximate surface area is 172 Å². The summed E-state index contributed by atoms with van der Waals surface area (Å²) in [5.74, 6) is 0.0840. The van der Waals surface area contributed by atoms with Crippen LogP contribution in [0.25, 0.3) is 10.8 Å². The number of nitrogens with one attached hydrogen (secondary N) is 2. The molecule has 1 amide bonds. The van der Waals surface area contributed by atoms with Gasteiger partial charge in [-0.15, -0.1) is 0 Å². The maximum Gasteiger partial charge on any atom is 0.277 e. The van der Waals surface area contributed by atoms with Crippen LogP contribution in [0.4, 0.5) is 5.95 Å². The Balaban J connectivity index is 1.25. The van der Waals surface area contributed by atoms with Gasteiger partial charge in [-0.2, -0.15) is 4.31 Å². The van der Waals surface area contributed by atoms with E-state index >= 15 is 0 Å². The van der Waals surface area contributed by atoms with E-state index in [2.05, 4.69) is 15.3 Å². The lowest BCUT2D eigenvalue weighted by Crippen LogP contribution is -2.33. The molecule has 5 rings (SSSR count). The van der Waals surface area contributed by atoms with Crippen molar-refractivity contribution in [3.05, 3.63) is 60.4 Å². The predicted molar refractivity (Wildman–Crippen MR) is 108 cm³/mol. The van der Waals surface area contributed by atoms with E-state index in [0.29, 0.717) is 23.9 Å². The van der Waals surface area contributed by atoms with E-state index < -0.39 is 15.9 Å². The number of nitrogens with zero attached hydrogens (tertiary/aromatic N) is 3. The Morgan fingerprint density at radius 2 is 1.70 bits per heavy atom. The van der Waals surface area contributed by atoms with Gasteiger partial charge in [0.05, 0.1) is 10.5 Å². The van der Waals surface area contributed by atoms with Gasteiger partial charge in [-0.25, -0.2) is 23.9 Å². The number of amides is 1. The van der Waals surface area contributed by atoms with Crippen LogP contribution in [0.1, 0.15) is 10.4 Å². The minimum absolute atomic E-state index is 0.102. The number of anilines is 1. The fraction of sp³-hybridized carbons (Fsp3) is 0.250. The van der Waals surface area contributed by atoms with E-state index in [1.807, 2.05) is 30.3 Å². The third-order valence-corrected chi connectivity index (χ3v) is 7.66. The fourth-order valence-corrected chi connectivity index (χ4v) is 5.66. The van der Waals surface area contributed by atoms with Crippen molar-refractivity contribution in [1.29, 1.82) is 0 Å². The monoisotopic (exact) mass is 425 g/mol. The zero-order chi connectivity index (χ0) is 20.9. The Morgan fingerprint density at radius 3 is 2.37 bits per heavy atom. The Morgan fingerprint density at radius 1 is 1.03 bits per heavy atom. The van der Waals surface area contributed by atoms with Gasteiger partial charge >= 0.3 is 0 Å². The first-order valence-corrected chi connectivity index (χ1v) is 10.9. The minimum atomic E-state index is -3.54. The highest BCUT2D eigenvalue weighted by Gasteiger charge is 2.58. The van der Waals surface area contributed by atoms with Gasteiger partial charge in [-0.1, -0.05) is 30.3 Å². The summed E-state index contributed by atoms with van der Waals surface area (Å²) < 4.78 is 27.7. The van der Waals surface area contributed by atoms with Crippen molar-refractivity contribution in [2.75, 3.05) is 18.4 Å². The van der Waals surface area contributed by atoms with Gasteiger partial charge in [0.1, 0.15) is 0 Å². The summed E-state index contributed by atoms with van der Waals surface area (Å²) in [6.45, 7) is 0.894. The van der Waals surface area contributed by atoms with Crippen LogP contribution in [0.5, 0.6) is 0 Å². The number of hydrogen-bond donors (Lipinski definition) is 3. The van der Waals surface area contributed by atoms with Crippen LogP contribution in [0.2, 0.25) is 0 Å². The molecule has 2 aromatic carbocycles. The number of sulfonamides is 1. The number of aromatic nitrogens is 2. The summed E-state index contributed by atoms with van der Waals surface area (Å²) in [6, 6.07) is 13.0. The quantitative estimate of drug-likeness (QED) is 0.418. The van der Waals surface area contributed by atoms with E-state index in [1.165, 1.54) is 17.9 Å². The van der Waals surface area contributed by atoms with E-state index in [1.54, 1.807) is 16.4 Å². The summed E-state index contributed by atoms with van der Waals surface area (Å²) in [7, 11) is -3.54. The second kappa shape index (κ2) is 7.01. The standard InChI is InChI=1S/C20H19N5O4S/c26-19(24-27)14-8-21-20(22-9-14)23-18-16-10-25(11-17(16)18)30(28,29)15-6-5-12-3-1-2-4-13(12)7-15/h1-9,16-18,27H,10-11H2,(H,24,26)(H,21,22,23). The van der Waals surface area contributed by atoms with Crippen molar-refractivity contribution in [2.45, 2.75) is 10.9 Å². The van der Waals surface area contributed by atoms with Gasteiger partial charge in [0.25, 0.3) is 5.91 Å². The Bertz CT molecular complexity index is 1220. The smallest absolute Gasteiger partial charge is 0.277 e. The molecule has 2 atom stereocenters. The number of hydroxylamine groups is 1. The van der Waals surface area contributed by atoms with Crippen molar-refractivity contribution < 1.29 is 18.4 Å². The molecule has 1 aliphatic heterocycles. The molecule has 0 radical (unpaired) electrons. The molecule has 1 aliphatic carbocycles. The number of fused-ring (bicyclic) bond motifs is 2. The van der Waals surface area contributed by atoms with Crippen molar-refractivity contribution >= 4 is 32.7 Å². The molecule has 2 fully saturated rings. The molecular weight excluding hydrogens is 406 g/mol. The van der Waals surface area contributed by atoms with Crippen LogP contribution in [0.3, 0.4) is 0 Å². The van der Waals surface area contributed by atoms with Crippen LogP contribution in [0, 0.1) is 11.8 Å². The highest BCUT2D eigenvalue weighted by atomic mass is 32.2. The molecule has 0 bridgehead atoms. The number of benzene rings is 2. The molecule has 3 aromatic rings. The highest BCUT2D eigenvalue weighted by Crippen LogP contribution is 2.48. The topological polar surface area (TPSA) is 125 Å². The predicted octanol–water partition coefficient (Wildman–Crippen LogP) is 1.48. The molecule has 2 aliphatic rings. The largest absolute Gasteiger partial charge is 0.351 e. The van der Waals surface area contributed by atoms with Gasteiger partial charge < -0.3 is 5.32 Å². The van der Waals surface area contributed by atoms with Crippen molar-refractivity contribution in [3.8, 4) is 0 Å². The van der Waals surface area contributed by atoms with Crippen LogP contribution < -0.4 is 10.8 Å². The Kier molecular flexibility index (Phi) is 4.42. The molecule has 30 heavy (non-hydrogen) atoms. The first kappa shape index (κ1) is 18.9. The Hall–Kier alpha value is -3.08. The number of piperidine rings is 1. The molecular formula is C20H19N5O4S. The maximum absolute atomic E-state index is 13.1. The molecule has 2 unspecified atom stereocenters. The number of carbonyl (C=O) groups excluding carboxylic acids is 1. The van der Waals surface area contributed by atoms with Crippen molar-refractivity contribution in [3.63, 3.8) is 0 Å². The van der Waals surface area contributed by atoms with E-state index in [9.17, 15) is 13.2 Å². The summed E-state index contributed by atoms with van der Waals surface area (Å²) in [5, 5.41) is 13.7. The maximum atomic E-state index is 13.1. The van der Waals surface area contributed by atoms with E-state index in [0.717, 1.165) is 10.8 Å². The van der Waals surface area contributed by atoms with Gasteiger partial charge in [-0.3, -0.25) is 10.0 Å². The van der Waals surface area contributed by atoms with Gasteiger partial charge in [0, 0.05) is 31.5 Å². The highest BCUT2D eigenvalue weighted by molar-refractivity contribution is 7.89. The molecule has 3 N–H and O–H groups in total. The van der Waals surface area contributed by atoms with Crippen LogP contribution in [-0.2, 0) is 10.0 Å². The van der Waals surface area contributed by atoms with Crippen LogP contribution in [-0.4, -0.2) is 52.9 Å². The molecule has 1 saturated heterocycles. The molecule has 0 spiro atoms. The second-order valence-electron chi connectivity index (χ2n) is 7.57. The summed E-state index contributed by atoms with van der Waals surface area (Å²) in [4.78, 5) is 19.8. The zero-order valence-electron chi connectivity index (χ0n) is 15.8. The van der Waals surface area contributed by atoms with E-state index in [-0.39, 0.29) is 23.4 Å². The molecule has 2 heterocycles. The first-order chi connectivity index (χ1) is 14.5. The van der Waals surface area contributed by atoms with Gasteiger partial charge in [0.15, 0.2) is 0 Å². The summed E-state index contributed by atoms with van der Waals surface area (Å²) >= 11 is 0. The molecule has 9 nitrogen and oxygen atoms in total. The second-order valence-corrected chi connectivity index (χ2v) is 9.50. The number of rotatable bonds is 5. The number of carbonyl (C=O) groups is 1. The number of hydrogen-bond acceptors (Lipinski definition) is 7. The van der Waals surface area contributed by atoms with Crippen LogP contribution in [0.15, 0.2) is 59.8 Å². The molecule has 10 heteroatoms. The van der Waals surface area contributed by atoms with Gasteiger partial charge in [-0.05, 0) is 34.7 Å². The zero-order valence-corrected chi connectivity index (χ0v) is 16.6. The lowest BCUT2D eigenvalue weighted by molar-refractivity contribution is 0.0705. The van der Waals surface area contributed by atoms with E-state index in [4.69, 9.17) is 5.21 Å². The first-order valence-electron chi connectivity index (χ1n) is 9.49. The summed E-state index contributed by atoms with van der Waals surface area (Å²) in [6.07, 6.45) is 2.63. The summed E-state index contributed by atoms with van der Waals surface area (Å²) in [5.41, 5.74) is 1.67. The lowest BCUT2D eigenvalue weighted by atomic mass is 10.1. The normalized spacial score (nSPS) is 23.2. The lowest BCUT2D eigenvalue weighted by Gasteiger charge is -2.20. The average molecular weight is 425 g/mol. The fourth-order valence-electron chi connectivity index (χ4n) is 4.11. The van der Waals surface area contributed by atoms with Crippen LogP contribution >= 0.6 is 0 Å². The van der Waals surface area contributed by atoms with Crippen molar-refractivity contribution in [1.82, 2.24) is 19.8 Å². The third-order valence-electron chi connectivity index (χ3n) is 5.83. The average Bonchev–Trinajstić information content (AvgIpc) is 3.20. The molecule has 1 saturated carbocycles. The molecule has 1 aromatic heterocycles.